The zero-order chi connectivity index (χ0) is 25.3. The fraction of sp³-hybridized carbons (Fsp3) is 0.375. The molecule has 3 rings (SSSR count). The highest BCUT2D eigenvalue weighted by atomic mass is 32.2. The Morgan fingerprint density at radius 2 is 1.88 bits per heavy atom. The molecule has 10 heteroatoms. The number of aryl methyl sites for hydroxylation is 1. The van der Waals surface area contributed by atoms with Gasteiger partial charge in [-0.2, -0.15) is 0 Å². The van der Waals surface area contributed by atoms with E-state index < -0.39 is 16.1 Å². The number of rotatable bonds is 4. The summed E-state index contributed by atoms with van der Waals surface area (Å²) in [5.41, 5.74) is 2.81. The van der Waals surface area contributed by atoms with E-state index >= 15 is 0 Å². The van der Waals surface area contributed by atoms with Crippen molar-refractivity contribution in [3.63, 3.8) is 0 Å². The van der Waals surface area contributed by atoms with E-state index in [0.717, 1.165) is 16.7 Å². The van der Waals surface area contributed by atoms with Crippen molar-refractivity contribution >= 4 is 33.3 Å². The molecule has 0 atom stereocenters. The Bertz CT molecular complexity index is 1300. The average molecular weight is 485 g/mol. The number of sulfonamides is 1. The third-order valence-electron chi connectivity index (χ3n) is 5.11. The van der Waals surface area contributed by atoms with Crippen LogP contribution in [0.2, 0.25) is 0 Å². The maximum Gasteiger partial charge on any atom is 0.328 e. The standard InChI is InChI=1S/C24H28N4O5S/c1-15-11-17(27-34(6,31)32)14-26-20(15)8-7-16-12-18(28-21(29)9-10-25-23(28)30)13-19(22(16)33-5)24(2,3)4/h11-14,27H,9-10H2,1-6H3,(H,25,30). The number of hydrogen-bond donors (Lipinski definition) is 2. The molecule has 0 aliphatic carbocycles. The van der Waals surface area contributed by atoms with E-state index in [-0.39, 0.29) is 17.7 Å². The minimum atomic E-state index is -3.42. The number of carbonyl (C=O) groups is 2. The predicted octanol–water partition coefficient (Wildman–Crippen LogP) is 2.91. The van der Waals surface area contributed by atoms with Gasteiger partial charge in [-0.05, 0) is 42.0 Å². The molecule has 1 aliphatic rings. The summed E-state index contributed by atoms with van der Waals surface area (Å²) in [4.78, 5) is 30.4. The molecule has 2 N–H and O–H groups in total. The van der Waals surface area contributed by atoms with Crippen molar-refractivity contribution in [2.75, 3.05) is 29.5 Å². The van der Waals surface area contributed by atoms with Gasteiger partial charge in [0.15, 0.2) is 0 Å². The van der Waals surface area contributed by atoms with E-state index in [9.17, 15) is 18.0 Å². The van der Waals surface area contributed by atoms with Gasteiger partial charge in [0.25, 0.3) is 0 Å². The van der Waals surface area contributed by atoms with Gasteiger partial charge in [-0.3, -0.25) is 9.52 Å². The number of imide groups is 1. The maximum atomic E-state index is 12.5. The Morgan fingerprint density at radius 1 is 1.18 bits per heavy atom. The van der Waals surface area contributed by atoms with Crippen molar-refractivity contribution in [3.05, 3.63) is 46.8 Å². The molecule has 0 spiro atoms. The fourth-order valence-electron chi connectivity index (χ4n) is 3.56. The number of benzene rings is 1. The fourth-order valence-corrected chi connectivity index (χ4v) is 4.10. The van der Waals surface area contributed by atoms with Crippen LogP contribution >= 0.6 is 0 Å². The molecule has 1 fully saturated rings. The second kappa shape index (κ2) is 9.35. The number of hydrogen-bond acceptors (Lipinski definition) is 6. The molecule has 34 heavy (non-hydrogen) atoms. The van der Waals surface area contributed by atoms with E-state index in [0.29, 0.717) is 40.5 Å². The van der Waals surface area contributed by atoms with Crippen LogP contribution in [0, 0.1) is 18.8 Å². The second-order valence-corrected chi connectivity index (χ2v) is 10.8. The normalized spacial score (nSPS) is 14.2. The number of amides is 3. The van der Waals surface area contributed by atoms with Crippen molar-refractivity contribution in [2.24, 2.45) is 0 Å². The number of aromatic nitrogens is 1. The van der Waals surface area contributed by atoms with Crippen molar-refractivity contribution in [1.29, 1.82) is 0 Å². The van der Waals surface area contributed by atoms with E-state index in [4.69, 9.17) is 4.74 Å². The Balaban J connectivity index is 2.12. The zero-order valence-electron chi connectivity index (χ0n) is 20.1. The highest BCUT2D eigenvalue weighted by molar-refractivity contribution is 7.92. The van der Waals surface area contributed by atoms with E-state index in [2.05, 4.69) is 26.9 Å². The van der Waals surface area contributed by atoms with Crippen LogP contribution in [0.4, 0.5) is 16.2 Å². The minimum absolute atomic E-state index is 0.209. The van der Waals surface area contributed by atoms with Crippen LogP contribution in [-0.4, -0.2) is 45.3 Å². The monoisotopic (exact) mass is 484 g/mol. The first-order chi connectivity index (χ1) is 15.8. The molecule has 0 radical (unpaired) electrons. The maximum absolute atomic E-state index is 12.5. The topological polar surface area (TPSA) is 118 Å². The third kappa shape index (κ3) is 5.66. The predicted molar refractivity (Wildman–Crippen MR) is 131 cm³/mol. The highest BCUT2D eigenvalue weighted by Crippen LogP contribution is 2.38. The van der Waals surface area contributed by atoms with Crippen molar-refractivity contribution in [3.8, 4) is 17.6 Å². The summed E-state index contributed by atoms with van der Waals surface area (Å²) in [7, 11) is -1.88. The lowest BCUT2D eigenvalue weighted by Crippen LogP contribution is -2.50. The summed E-state index contributed by atoms with van der Waals surface area (Å²) in [6.07, 6.45) is 2.67. The van der Waals surface area contributed by atoms with E-state index in [1.54, 1.807) is 32.2 Å². The van der Waals surface area contributed by atoms with Gasteiger partial charge in [-0.1, -0.05) is 26.7 Å². The molecule has 0 bridgehead atoms. The van der Waals surface area contributed by atoms with Gasteiger partial charge in [0.2, 0.25) is 15.9 Å². The van der Waals surface area contributed by atoms with Crippen LogP contribution in [-0.2, 0) is 20.2 Å². The van der Waals surface area contributed by atoms with Crippen LogP contribution < -0.4 is 19.7 Å². The minimum Gasteiger partial charge on any atom is -0.495 e. The molecule has 1 saturated heterocycles. The SMILES string of the molecule is COc1c(C#Cc2ncc(NS(C)(=O)=O)cc2C)cc(N2C(=O)CCNC2=O)cc1C(C)(C)C. The van der Waals surface area contributed by atoms with Crippen LogP contribution in [0.15, 0.2) is 24.4 Å². The molecule has 3 amide bonds. The molecule has 1 aromatic heterocycles. The highest BCUT2D eigenvalue weighted by Gasteiger charge is 2.30. The number of ether oxygens (including phenoxy) is 1. The molecule has 1 aliphatic heterocycles. The Morgan fingerprint density at radius 3 is 2.44 bits per heavy atom. The Hall–Kier alpha value is -3.58. The van der Waals surface area contributed by atoms with E-state index in [1.165, 1.54) is 6.20 Å². The summed E-state index contributed by atoms with van der Waals surface area (Å²) in [5, 5.41) is 2.69. The van der Waals surface area contributed by atoms with Crippen molar-refractivity contribution < 1.29 is 22.7 Å². The quantitative estimate of drug-likeness (QED) is 0.645. The first kappa shape index (κ1) is 25.1. The smallest absolute Gasteiger partial charge is 0.328 e. The van der Waals surface area contributed by atoms with Crippen molar-refractivity contribution in [1.82, 2.24) is 10.3 Å². The lowest BCUT2D eigenvalue weighted by atomic mass is 9.84. The molecule has 2 heterocycles. The summed E-state index contributed by atoms with van der Waals surface area (Å²) < 4.78 is 31.0. The average Bonchev–Trinajstić information content (AvgIpc) is 2.71. The first-order valence-corrected chi connectivity index (χ1v) is 12.5. The van der Waals surface area contributed by atoms with Gasteiger partial charge < -0.3 is 10.1 Å². The van der Waals surface area contributed by atoms with Gasteiger partial charge in [0, 0.05) is 18.5 Å². The van der Waals surface area contributed by atoms with Crippen molar-refractivity contribution in [2.45, 2.75) is 39.5 Å². The molecule has 9 nitrogen and oxygen atoms in total. The lowest BCUT2D eigenvalue weighted by Gasteiger charge is -2.29. The van der Waals surface area contributed by atoms with Gasteiger partial charge in [-0.15, -0.1) is 0 Å². The van der Waals surface area contributed by atoms with Crippen LogP contribution in [0.25, 0.3) is 0 Å². The van der Waals surface area contributed by atoms with Gasteiger partial charge in [-0.25, -0.2) is 23.1 Å². The number of urea groups is 1. The number of nitrogens with zero attached hydrogens (tertiary/aromatic N) is 2. The van der Waals surface area contributed by atoms with Crippen LogP contribution in [0.3, 0.4) is 0 Å². The van der Waals surface area contributed by atoms with Crippen LogP contribution in [0.5, 0.6) is 5.75 Å². The summed E-state index contributed by atoms with van der Waals surface area (Å²) >= 11 is 0. The Kier molecular flexibility index (Phi) is 6.89. The summed E-state index contributed by atoms with van der Waals surface area (Å²) in [5.74, 6) is 6.32. The van der Waals surface area contributed by atoms with Gasteiger partial charge >= 0.3 is 6.03 Å². The summed E-state index contributed by atoms with van der Waals surface area (Å²) in [6.45, 7) is 8.09. The molecular formula is C24H28N4O5S. The molecular weight excluding hydrogens is 456 g/mol. The molecule has 2 aromatic rings. The molecule has 0 unspecified atom stereocenters. The van der Waals surface area contributed by atoms with Crippen LogP contribution in [0.1, 0.15) is 49.6 Å². The second-order valence-electron chi connectivity index (χ2n) is 9.05. The van der Waals surface area contributed by atoms with E-state index in [1.807, 2.05) is 20.8 Å². The number of pyridine rings is 1. The number of carbonyl (C=O) groups excluding carboxylic acids is 2. The lowest BCUT2D eigenvalue weighted by molar-refractivity contribution is -0.118. The largest absolute Gasteiger partial charge is 0.495 e. The van der Waals surface area contributed by atoms with Gasteiger partial charge in [0.05, 0.1) is 36.5 Å². The number of methoxy groups -OCH3 is 1. The number of nitrogens with one attached hydrogen (secondary N) is 2. The molecule has 0 saturated carbocycles. The number of anilines is 2. The summed E-state index contributed by atoms with van der Waals surface area (Å²) in [6, 6.07) is 4.59. The zero-order valence-corrected chi connectivity index (χ0v) is 20.9. The molecule has 180 valence electrons. The Labute approximate surface area is 200 Å². The first-order valence-electron chi connectivity index (χ1n) is 10.6. The molecule has 1 aromatic carbocycles. The van der Waals surface area contributed by atoms with Gasteiger partial charge in [0.1, 0.15) is 11.4 Å². The third-order valence-corrected chi connectivity index (χ3v) is 5.72.